The first kappa shape index (κ1) is 16.2. The summed E-state index contributed by atoms with van der Waals surface area (Å²) in [4.78, 5) is 12.5. The lowest BCUT2D eigenvalue weighted by Gasteiger charge is -2.08. The maximum Gasteiger partial charge on any atom is 0.323 e. The Morgan fingerprint density at radius 1 is 1.29 bits per heavy atom. The van der Waals surface area contributed by atoms with Crippen molar-refractivity contribution in [3.05, 3.63) is 46.0 Å². The topological polar surface area (TPSA) is 114 Å². The number of aryl methyl sites for hydroxylation is 1. The predicted octanol–water partition coefficient (Wildman–Crippen LogP) is 2.99. The van der Waals surface area contributed by atoms with E-state index >= 15 is 0 Å². The van der Waals surface area contributed by atoms with Crippen LogP contribution in [0, 0.1) is 17.0 Å². The van der Waals surface area contributed by atoms with E-state index in [4.69, 9.17) is 9.74 Å². The number of nitrogens with zero attached hydrogens (tertiary/aromatic N) is 3. The van der Waals surface area contributed by atoms with Crippen molar-refractivity contribution in [2.75, 3.05) is 18.5 Å². The summed E-state index contributed by atoms with van der Waals surface area (Å²) in [6.45, 7) is 2.04. The van der Waals surface area contributed by atoms with Gasteiger partial charge in [0.15, 0.2) is 5.52 Å². The van der Waals surface area contributed by atoms with Gasteiger partial charge in [-0.15, -0.1) is 0 Å². The SMILES string of the molecule is Cc1ccc(Sc2cc(NCCO)c([N+](=O)[O-])c3nonc23)cc1. The molecular formula is C15H14N4O4S. The monoisotopic (exact) mass is 346 g/mol. The van der Waals surface area contributed by atoms with Crippen molar-refractivity contribution in [3.8, 4) is 0 Å². The largest absolute Gasteiger partial charge is 0.395 e. The predicted molar refractivity (Wildman–Crippen MR) is 89.3 cm³/mol. The minimum Gasteiger partial charge on any atom is -0.395 e. The third kappa shape index (κ3) is 3.17. The molecule has 3 rings (SSSR count). The summed E-state index contributed by atoms with van der Waals surface area (Å²) in [5.41, 5.74) is 1.61. The molecule has 0 bridgehead atoms. The fourth-order valence-electron chi connectivity index (χ4n) is 2.22. The Labute approximate surface area is 141 Å². The highest BCUT2D eigenvalue weighted by Gasteiger charge is 2.26. The molecule has 0 radical (unpaired) electrons. The van der Waals surface area contributed by atoms with Crippen molar-refractivity contribution in [2.24, 2.45) is 0 Å². The second kappa shape index (κ2) is 6.85. The zero-order valence-electron chi connectivity index (χ0n) is 12.7. The molecule has 0 saturated carbocycles. The second-order valence-corrected chi connectivity index (χ2v) is 6.17. The average molecular weight is 346 g/mol. The highest BCUT2D eigenvalue weighted by molar-refractivity contribution is 7.99. The van der Waals surface area contributed by atoms with Gasteiger partial charge in [-0.3, -0.25) is 10.1 Å². The van der Waals surface area contributed by atoms with E-state index in [9.17, 15) is 10.1 Å². The van der Waals surface area contributed by atoms with Gasteiger partial charge in [-0.1, -0.05) is 29.5 Å². The van der Waals surface area contributed by atoms with Crippen molar-refractivity contribution in [1.82, 2.24) is 10.3 Å². The number of benzene rings is 2. The first-order valence-electron chi connectivity index (χ1n) is 7.13. The van der Waals surface area contributed by atoms with Gasteiger partial charge in [0, 0.05) is 16.3 Å². The molecule has 124 valence electrons. The van der Waals surface area contributed by atoms with Gasteiger partial charge in [-0.05, 0) is 35.4 Å². The quantitative estimate of drug-likeness (QED) is 0.517. The summed E-state index contributed by atoms with van der Waals surface area (Å²) in [7, 11) is 0. The lowest BCUT2D eigenvalue weighted by Crippen LogP contribution is -2.08. The van der Waals surface area contributed by atoms with Crippen LogP contribution in [0.2, 0.25) is 0 Å². The fourth-order valence-corrected chi connectivity index (χ4v) is 3.16. The highest BCUT2D eigenvalue weighted by Crippen LogP contribution is 2.40. The molecule has 24 heavy (non-hydrogen) atoms. The van der Waals surface area contributed by atoms with Crippen LogP contribution in [0.25, 0.3) is 11.0 Å². The van der Waals surface area contributed by atoms with Crippen LogP contribution >= 0.6 is 11.8 Å². The molecule has 0 aliphatic heterocycles. The highest BCUT2D eigenvalue weighted by atomic mass is 32.2. The van der Waals surface area contributed by atoms with Gasteiger partial charge in [0.1, 0.15) is 5.69 Å². The Balaban J connectivity index is 2.09. The molecule has 2 N–H and O–H groups in total. The molecule has 3 aromatic rings. The van der Waals surface area contributed by atoms with Crippen LogP contribution in [-0.4, -0.2) is 33.5 Å². The van der Waals surface area contributed by atoms with Crippen LogP contribution in [0.3, 0.4) is 0 Å². The second-order valence-electron chi connectivity index (χ2n) is 5.05. The molecule has 0 amide bonds. The number of nitrogens with one attached hydrogen (secondary N) is 1. The smallest absolute Gasteiger partial charge is 0.323 e. The zero-order chi connectivity index (χ0) is 17.1. The Hall–Kier alpha value is -2.65. The lowest BCUT2D eigenvalue weighted by atomic mass is 10.2. The van der Waals surface area contributed by atoms with E-state index in [-0.39, 0.29) is 30.0 Å². The van der Waals surface area contributed by atoms with Gasteiger partial charge in [0.25, 0.3) is 0 Å². The average Bonchev–Trinajstić information content (AvgIpc) is 3.04. The first-order valence-corrected chi connectivity index (χ1v) is 7.94. The van der Waals surface area contributed by atoms with Crippen LogP contribution < -0.4 is 5.32 Å². The third-order valence-corrected chi connectivity index (χ3v) is 4.37. The van der Waals surface area contributed by atoms with E-state index in [1.807, 2.05) is 31.2 Å². The summed E-state index contributed by atoms with van der Waals surface area (Å²) in [6, 6.07) is 9.52. The molecule has 0 saturated heterocycles. The molecule has 0 unspecified atom stereocenters. The van der Waals surface area contributed by atoms with Gasteiger partial charge < -0.3 is 10.4 Å². The number of fused-ring (bicyclic) bond motifs is 1. The minimum absolute atomic E-state index is 0.0811. The summed E-state index contributed by atoms with van der Waals surface area (Å²) >= 11 is 1.41. The van der Waals surface area contributed by atoms with E-state index in [0.29, 0.717) is 10.4 Å². The van der Waals surface area contributed by atoms with Crippen LogP contribution in [-0.2, 0) is 0 Å². The van der Waals surface area contributed by atoms with Crippen LogP contribution in [0.5, 0.6) is 0 Å². The van der Waals surface area contributed by atoms with E-state index < -0.39 is 4.92 Å². The van der Waals surface area contributed by atoms with E-state index in [1.54, 1.807) is 6.07 Å². The van der Waals surface area contributed by atoms with E-state index in [1.165, 1.54) is 11.8 Å². The maximum atomic E-state index is 11.4. The fraction of sp³-hybridized carbons (Fsp3) is 0.200. The Morgan fingerprint density at radius 3 is 2.67 bits per heavy atom. The van der Waals surface area contributed by atoms with E-state index in [0.717, 1.165) is 10.5 Å². The molecule has 0 aliphatic rings. The number of hydrogen-bond donors (Lipinski definition) is 2. The Morgan fingerprint density at radius 2 is 2.00 bits per heavy atom. The normalized spacial score (nSPS) is 10.9. The maximum absolute atomic E-state index is 11.4. The third-order valence-electron chi connectivity index (χ3n) is 3.34. The molecule has 9 heteroatoms. The van der Waals surface area contributed by atoms with E-state index in [2.05, 4.69) is 15.6 Å². The number of aliphatic hydroxyl groups excluding tert-OH is 1. The number of anilines is 1. The molecule has 8 nitrogen and oxygen atoms in total. The van der Waals surface area contributed by atoms with Gasteiger partial charge >= 0.3 is 5.69 Å². The number of rotatable bonds is 6. The van der Waals surface area contributed by atoms with Crippen LogP contribution in [0.4, 0.5) is 11.4 Å². The molecule has 0 atom stereocenters. The molecule has 0 fully saturated rings. The summed E-state index contributed by atoms with van der Waals surface area (Å²) in [6.07, 6.45) is 0. The number of nitro benzene ring substituents is 1. The minimum atomic E-state index is -0.535. The van der Waals surface area contributed by atoms with Gasteiger partial charge in [-0.25, -0.2) is 4.63 Å². The molecule has 2 aromatic carbocycles. The van der Waals surface area contributed by atoms with Crippen molar-refractivity contribution >= 4 is 34.2 Å². The Kier molecular flexibility index (Phi) is 4.63. The number of nitro groups is 1. The van der Waals surface area contributed by atoms with Crippen molar-refractivity contribution < 1.29 is 14.7 Å². The van der Waals surface area contributed by atoms with Crippen molar-refractivity contribution in [1.29, 1.82) is 0 Å². The van der Waals surface area contributed by atoms with Gasteiger partial charge in [-0.2, -0.15) is 0 Å². The van der Waals surface area contributed by atoms with Crippen LogP contribution in [0.1, 0.15) is 5.56 Å². The molecule has 0 spiro atoms. The van der Waals surface area contributed by atoms with Gasteiger partial charge in [0.05, 0.1) is 11.5 Å². The molecule has 1 heterocycles. The van der Waals surface area contributed by atoms with Crippen molar-refractivity contribution in [3.63, 3.8) is 0 Å². The number of aliphatic hydroxyl groups is 1. The molecule has 0 aliphatic carbocycles. The van der Waals surface area contributed by atoms with Crippen molar-refractivity contribution in [2.45, 2.75) is 16.7 Å². The lowest BCUT2D eigenvalue weighted by molar-refractivity contribution is -0.382. The summed E-state index contributed by atoms with van der Waals surface area (Å²) < 4.78 is 4.72. The zero-order valence-corrected chi connectivity index (χ0v) is 13.5. The summed E-state index contributed by atoms with van der Waals surface area (Å²) in [5.74, 6) is 0. The Bertz CT molecular complexity index is 879. The van der Waals surface area contributed by atoms with Gasteiger partial charge in [0.2, 0.25) is 5.52 Å². The standard InChI is InChI=1S/C15H14N4O4S/c1-9-2-4-10(5-3-9)24-12-8-11(16-6-7-20)15(19(21)22)14-13(12)17-23-18-14/h2-5,8,16,20H,6-7H2,1H3. The first-order chi connectivity index (χ1) is 11.6. The molecule has 1 aromatic heterocycles. The van der Waals surface area contributed by atoms with Crippen LogP contribution in [0.15, 0.2) is 44.8 Å². The molecular weight excluding hydrogens is 332 g/mol. The number of hydrogen-bond acceptors (Lipinski definition) is 8. The summed E-state index contributed by atoms with van der Waals surface area (Å²) in [5, 5.41) is 30.7. The number of aromatic nitrogens is 2.